The van der Waals surface area contributed by atoms with Crippen LogP contribution in [0.25, 0.3) is 10.9 Å². The van der Waals surface area contributed by atoms with E-state index in [9.17, 15) is 9.90 Å². The van der Waals surface area contributed by atoms with Crippen LogP contribution in [0.5, 0.6) is 5.75 Å². The van der Waals surface area contributed by atoms with Gasteiger partial charge in [0, 0.05) is 18.1 Å². The molecule has 0 amide bonds. The Morgan fingerprint density at radius 3 is 2.69 bits per heavy atom. The zero-order valence-electron chi connectivity index (χ0n) is 9.14. The summed E-state index contributed by atoms with van der Waals surface area (Å²) in [6.45, 7) is 1.63. The molecule has 0 aliphatic rings. The second-order valence-corrected chi connectivity index (χ2v) is 3.90. The van der Waals surface area contributed by atoms with E-state index in [4.69, 9.17) is 5.11 Å². The Morgan fingerprint density at radius 2 is 2.12 bits per heavy atom. The van der Waals surface area contributed by atoms with Crippen LogP contribution in [0.15, 0.2) is 24.3 Å². The van der Waals surface area contributed by atoms with Gasteiger partial charge in [0.1, 0.15) is 5.75 Å². The van der Waals surface area contributed by atoms with Crippen LogP contribution in [0.4, 0.5) is 0 Å². The number of hydrogen-bond acceptors (Lipinski definition) is 2. The number of fused-ring (bicyclic) bond motifs is 1. The van der Waals surface area contributed by atoms with Crippen molar-refractivity contribution < 1.29 is 15.0 Å². The quantitative estimate of drug-likeness (QED) is 0.812. The molecule has 84 valence electrons. The molecule has 0 spiro atoms. The van der Waals surface area contributed by atoms with Gasteiger partial charge in [0.25, 0.3) is 0 Å². The molecule has 0 fully saturated rings. The lowest BCUT2D eigenvalue weighted by Gasteiger charge is -2.08. The Kier molecular flexibility index (Phi) is 2.34. The molecule has 4 heteroatoms. The molecule has 0 aliphatic carbocycles. The van der Waals surface area contributed by atoms with Gasteiger partial charge in [-0.05, 0) is 19.1 Å². The van der Waals surface area contributed by atoms with E-state index in [-0.39, 0.29) is 5.75 Å². The number of carboxylic acid groups (broad SMARTS) is 1. The summed E-state index contributed by atoms with van der Waals surface area (Å²) in [4.78, 5) is 10.9. The Labute approximate surface area is 92.7 Å². The second kappa shape index (κ2) is 3.56. The largest absolute Gasteiger partial charge is 0.506 e. The molecule has 2 aromatic rings. The predicted molar refractivity (Wildman–Crippen MR) is 60.6 cm³/mol. The molecule has 1 heterocycles. The summed E-state index contributed by atoms with van der Waals surface area (Å²) < 4.78 is 1.73. The molecule has 2 rings (SSSR count). The van der Waals surface area contributed by atoms with Crippen molar-refractivity contribution >= 4 is 16.9 Å². The number of carboxylic acids is 1. The fourth-order valence-electron chi connectivity index (χ4n) is 1.96. The molecular weight excluding hydrogens is 206 g/mol. The summed E-state index contributed by atoms with van der Waals surface area (Å²) in [6.07, 6.45) is 0. The van der Waals surface area contributed by atoms with Crippen LogP contribution in [-0.2, 0) is 11.8 Å². The summed E-state index contributed by atoms with van der Waals surface area (Å²) in [5.41, 5.74) is 1.36. The third kappa shape index (κ3) is 1.43. The molecule has 0 radical (unpaired) electrons. The van der Waals surface area contributed by atoms with Gasteiger partial charge in [-0.3, -0.25) is 4.79 Å². The lowest BCUT2D eigenvalue weighted by atomic mass is 10.1. The van der Waals surface area contributed by atoms with Gasteiger partial charge in [0.05, 0.1) is 11.4 Å². The maximum absolute atomic E-state index is 10.9. The van der Waals surface area contributed by atoms with Crippen LogP contribution in [0, 0.1) is 0 Å². The first-order valence-corrected chi connectivity index (χ1v) is 5.02. The molecule has 16 heavy (non-hydrogen) atoms. The van der Waals surface area contributed by atoms with Crippen molar-refractivity contribution in [2.45, 2.75) is 12.8 Å². The van der Waals surface area contributed by atoms with Crippen molar-refractivity contribution in [3.63, 3.8) is 0 Å². The first-order valence-electron chi connectivity index (χ1n) is 5.02. The number of phenolic OH excluding ortho intramolecular Hbond substituents is 1. The Hall–Kier alpha value is -1.97. The number of hydrogen-bond donors (Lipinski definition) is 2. The predicted octanol–water partition coefficient (Wildman–Crippen LogP) is 2.07. The average Bonchev–Trinajstić information content (AvgIpc) is 2.56. The minimum absolute atomic E-state index is 0.170. The lowest BCUT2D eigenvalue weighted by molar-refractivity contribution is -0.138. The molecule has 1 aromatic carbocycles. The molecule has 2 N–H and O–H groups in total. The average molecular weight is 219 g/mol. The van der Waals surface area contributed by atoms with E-state index in [0.717, 1.165) is 5.39 Å². The van der Waals surface area contributed by atoms with Crippen molar-refractivity contribution in [3.05, 3.63) is 30.0 Å². The van der Waals surface area contributed by atoms with E-state index >= 15 is 0 Å². The van der Waals surface area contributed by atoms with Gasteiger partial charge >= 0.3 is 5.97 Å². The third-order valence-corrected chi connectivity index (χ3v) is 2.89. The van der Waals surface area contributed by atoms with Gasteiger partial charge in [0.15, 0.2) is 0 Å². The Balaban J connectivity index is 2.70. The molecule has 1 aromatic heterocycles. The third-order valence-electron chi connectivity index (χ3n) is 2.89. The van der Waals surface area contributed by atoms with E-state index in [2.05, 4.69) is 0 Å². The number of carbonyl (C=O) groups is 1. The van der Waals surface area contributed by atoms with Crippen LogP contribution >= 0.6 is 0 Å². The van der Waals surface area contributed by atoms with Gasteiger partial charge in [-0.15, -0.1) is 0 Å². The molecule has 0 saturated carbocycles. The first-order chi connectivity index (χ1) is 7.52. The van der Waals surface area contributed by atoms with Gasteiger partial charge in [0.2, 0.25) is 0 Å². The number of aliphatic carboxylic acids is 1. The molecule has 1 unspecified atom stereocenters. The van der Waals surface area contributed by atoms with Crippen LogP contribution in [0.3, 0.4) is 0 Å². The lowest BCUT2D eigenvalue weighted by Crippen LogP contribution is -2.11. The standard InChI is InChI=1S/C12H13NO3/c1-7(12(15)16)9-6-8-4-3-5-10(14)11(8)13(9)2/h3-7,14H,1-2H3,(H,15,16). The summed E-state index contributed by atoms with van der Waals surface area (Å²) in [7, 11) is 1.76. The minimum Gasteiger partial charge on any atom is -0.506 e. The van der Waals surface area contributed by atoms with E-state index in [1.54, 1.807) is 36.7 Å². The molecule has 4 nitrogen and oxygen atoms in total. The maximum atomic E-state index is 10.9. The number of aromatic nitrogens is 1. The number of nitrogens with zero attached hydrogens (tertiary/aromatic N) is 1. The highest BCUT2D eigenvalue weighted by molar-refractivity contribution is 5.88. The van der Waals surface area contributed by atoms with Gasteiger partial charge in [-0.1, -0.05) is 12.1 Å². The number of rotatable bonds is 2. The van der Waals surface area contributed by atoms with Crippen LogP contribution in [-0.4, -0.2) is 20.7 Å². The highest BCUT2D eigenvalue weighted by Gasteiger charge is 2.19. The number of benzene rings is 1. The van der Waals surface area contributed by atoms with Crippen molar-refractivity contribution in [3.8, 4) is 5.75 Å². The normalized spacial score (nSPS) is 12.9. The van der Waals surface area contributed by atoms with Gasteiger partial charge in [-0.2, -0.15) is 0 Å². The van der Waals surface area contributed by atoms with Gasteiger partial charge < -0.3 is 14.8 Å². The highest BCUT2D eigenvalue weighted by Crippen LogP contribution is 2.30. The van der Waals surface area contributed by atoms with Crippen molar-refractivity contribution in [2.75, 3.05) is 0 Å². The van der Waals surface area contributed by atoms with Crippen LogP contribution < -0.4 is 0 Å². The number of phenols is 1. The molecule has 1 atom stereocenters. The SMILES string of the molecule is CC(C(=O)O)c1cc2cccc(O)c2n1C. The number of aromatic hydroxyl groups is 1. The second-order valence-electron chi connectivity index (χ2n) is 3.90. The van der Waals surface area contributed by atoms with Crippen molar-refractivity contribution in [1.82, 2.24) is 4.57 Å². The topological polar surface area (TPSA) is 62.5 Å². The molecular formula is C12H13NO3. The van der Waals surface area contributed by atoms with E-state index < -0.39 is 11.9 Å². The zero-order chi connectivity index (χ0) is 11.9. The van der Waals surface area contributed by atoms with Gasteiger partial charge in [-0.25, -0.2) is 0 Å². The Morgan fingerprint density at radius 1 is 1.44 bits per heavy atom. The highest BCUT2D eigenvalue weighted by atomic mass is 16.4. The van der Waals surface area contributed by atoms with Crippen molar-refractivity contribution in [1.29, 1.82) is 0 Å². The minimum atomic E-state index is -0.870. The van der Waals surface area contributed by atoms with E-state index in [1.165, 1.54) is 0 Å². The molecule has 0 saturated heterocycles. The first kappa shape index (κ1) is 10.5. The molecule has 0 aliphatic heterocycles. The fraction of sp³-hybridized carbons (Fsp3) is 0.250. The van der Waals surface area contributed by atoms with E-state index in [1.807, 2.05) is 6.07 Å². The van der Waals surface area contributed by atoms with Crippen molar-refractivity contribution in [2.24, 2.45) is 7.05 Å². The van der Waals surface area contributed by atoms with Crippen LogP contribution in [0.1, 0.15) is 18.5 Å². The number of para-hydroxylation sites is 1. The Bertz CT molecular complexity index is 557. The number of aryl methyl sites for hydroxylation is 1. The maximum Gasteiger partial charge on any atom is 0.312 e. The van der Waals surface area contributed by atoms with E-state index in [0.29, 0.717) is 11.2 Å². The molecule has 0 bridgehead atoms. The summed E-state index contributed by atoms with van der Waals surface area (Å²) in [5, 5.41) is 19.5. The zero-order valence-corrected chi connectivity index (χ0v) is 9.14. The summed E-state index contributed by atoms with van der Waals surface area (Å²) in [5.74, 6) is -1.29. The summed E-state index contributed by atoms with van der Waals surface area (Å²) in [6, 6.07) is 6.99. The monoisotopic (exact) mass is 219 g/mol. The smallest absolute Gasteiger partial charge is 0.312 e. The summed E-state index contributed by atoms with van der Waals surface area (Å²) >= 11 is 0. The van der Waals surface area contributed by atoms with Crippen LogP contribution in [0.2, 0.25) is 0 Å². The fourth-order valence-corrected chi connectivity index (χ4v) is 1.96.